The Balaban J connectivity index is 1.47. The second-order valence-electron chi connectivity index (χ2n) is 8.12. The van der Waals surface area contributed by atoms with Crippen LogP contribution in [0.2, 0.25) is 0 Å². The fourth-order valence-electron chi connectivity index (χ4n) is 4.85. The summed E-state index contributed by atoms with van der Waals surface area (Å²) in [6.07, 6.45) is 7.39. The average Bonchev–Trinajstić information content (AvgIpc) is 3.36. The van der Waals surface area contributed by atoms with Crippen molar-refractivity contribution in [2.75, 3.05) is 19.7 Å². The van der Waals surface area contributed by atoms with E-state index < -0.39 is 0 Å². The second-order valence-corrected chi connectivity index (χ2v) is 8.12. The summed E-state index contributed by atoms with van der Waals surface area (Å²) in [4.78, 5) is 14.6. The summed E-state index contributed by atoms with van der Waals surface area (Å²) in [7, 11) is 0. The quantitative estimate of drug-likeness (QED) is 0.801. The van der Waals surface area contributed by atoms with Crippen LogP contribution in [-0.2, 0) is 4.79 Å². The third kappa shape index (κ3) is 3.61. The van der Waals surface area contributed by atoms with E-state index in [0.29, 0.717) is 18.5 Å². The lowest BCUT2D eigenvalue weighted by atomic mass is 9.74. The van der Waals surface area contributed by atoms with E-state index in [-0.39, 0.29) is 24.5 Å². The molecule has 0 radical (unpaired) electrons. The van der Waals surface area contributed by atoms with Crippen LogP contribution in [0.25, 0.3) is 0 Å². The fraction of sp³-hybridized carbons (Fsp3) is 0.667. The molecule has 1 aromatic carbocycles. The van der Waals surface area contributed by atoms with Crippen LogP contribution in [0.5, 0.6) is 0 Å². The normalized spacial score (nSPS) is 30.2. The number of aliphatic hydroxyl groups excluding tert-OH is 1. The lowest BCUT2D eigenvalue weighted by Gasteiger charge is -2.56. The van der Waals surface area contributed by atoms with Gasteiger partial charge in [-0.1, -0.05) is 43.2 Å². The zero-order valence-electron chi connectivity index (χ0n) is 14.9. The van der Waals surface area contributed by atoms with Crippen molar-refractivity contribution in [3.8, 4) is 0 Å². The SMILES string of the molecule is O=C(NC[C@H]1[C@H](c2ccccc2)[C@H](CO)N1CC1CCCC1)C1CC1. The molecule has 1 saturated heterocycles. The molecule has 3 aliphatic rings. The molecule has 4 rings (SSSR count). The maximum atomic E-state index is 12.1. The van der Waals surface area contributed by atoms with Crippen molar-refractivity contribution in [2.45, 2.75) is 56.5 Å². The minimum Gasteiger partial charge on any atom is -0.395 e. The standard InChI is InChI=1S/C21H30N2O2/c24-14-19-20(16-8-2-1-3-9-16)18(12-22-21(25)17-10-11-17)23(19)13-15-6-4-5-7-15/h1-3,8-9,15,17-20,24H,4-7,10-14H2,(H,22,25)/t18-,19-,20-/m0/s1. The summed E-state index contributed by atoms with van der Waals surface area (Å²) in [5.74, 6) is 1.55. The molecule has 1 amide bonds. The average molecular weight is 342 g/mol. The molecule has 25 heavy (non-hydrogen) atoms. The van der Waals surface area contributed by atoms with E-state index in [1.807, 2.05) is 6.07 Å². The van der Waals surface area contributed by atoms with Gasteiger partial charge in [0.2, 0.25) is 5.91 Å². The summed E-state index contributed by atoms with van der Waals surface area (Å²) in [5, 5.41) is 13.2. The Labute approximate surface area is 150 Å². The van der Waals surface area contributed by atoms with Crippen LogP contribution in [0.3, 0.4) is 0 Å². The van der Waals surface area contributed by atoms with Crippen LogP contribution in [0.15, 0.2) is 30.3 Å². The molecule has 4 heteroatoms. The number of likely N-dealkylation sites (tertiary alicyclic amines) is 1. The lowest BCUT2D eigenvalue weighted by Crippen LogP contribution is -2.67. The molecular weight excluding hydrogens is 312 g/mol. The number of carbonyl (C=O) groups is 1. The van der Waals surface area contributed by atoms with Crippen molar-refractivity contribution in [1.82, 2.24) is 10.2 Å². The van der Waals surface area contributed by atoms with Gasteiger partial charge < -0.3 is 10.4 Å². The number of benzene rings is 1. The highest BCUT2D eigenvalue weighted by Crippen LogP contribution is 2.42. The van der Waals surface area contributed by atoms with Gasteiger partial charge in [-0.3, -0.25) is 9.69 Å². The molecule has 2 saturated carbocycles. The van der Waals surface area contributed by atoms with E-state index in [4.69, 9.17) is 0 Å². The van der Waals surface area contributed by atoms with Gasteiger partial charge in [-0.05, 0) is 37.2 Å². The van der Waals surface area contributed by atoms with Crippen molar-refractivity contribution in [2.24, 2.45) is 11.8 Å². The van der Waals surface area contributed by atoms with Gasteiger partial charge in [-0.15, -0.1) is 0 Å². The first-order valence-corrected chi connectivity index (χ1v) is 9.97. The number of rotatable bonds is 7. The van der Waals surface area contributed by atoms with Crippen LogP contribution < -0.4 is 5.32 Å². The highest BCUT2D eigenvalue weighted by atomic mass is 16.3. The van der Waals surface area contributed by atoms with Crippen LogP contribution in [0, 0.1) is 11.8 Å². The predicted octanol–water partition coefficient (Wildman–Crippen LogP) is 2.53. The summed E-state index contributed by atoms with van der Waals surface area (Å²) >= 11 is 0. The zero-order valence-corrected chi connectivity index (χ0v) is 14.9. The number of aliphatic hydroxyl groups is 1. The van der Waals surface area contributed by atoms with Crippen LogP contribution in [-0.4, -0.2) is 47.7 Å². The highest BCUT2D eigenvalue weighted by molar-refractivity contribution is 5.80. The molecule has 0 spiro atoms. The third-order valence-corrected chi connectivity index (χ3v) is 6.43. The van der Waals surface area contributed by atoms with E-state index in [0.717, 1.165) is 25.3 Å². The van der Waals surface area contributed by atoms with Gasteiger partial charge in [-0.25, -0.2) is 0 Å². The first-order chi connectivity index (χ1) is 12.3. The molecule has 3 fully saturated rings. The molecule has 2 N–H and O–H groups in total. The van der Waals surface area contributed by atoms with Gasteiger partial charge >= 0.3 is 0 Å². The van der Waals surface area contributed by atoms with Crippen LogP contribution in [0.4, 0.5) is 0 Å². The Morgan fingerprint density at radius 3 is 2.44 bits per heavy atom. The van der Waals surface area contributed by atoms with E-state index in [1.165, 1.54) is 31.2 Å². The van der Waals surface area contributed by atoms with Crippen molar-refractivity contribution in [3.05, 3.63) is 35.9 Å². The Morgan fingerprint density at radius 2 is 1.80 bits per heavy atom. The molecule has 3 atom stereocenters. The van der Waals surface area contributed by atoms with Gasteiger partial charge in [0.05, 0.1) is 6.61 Å². The minimum absolute atomic E-state index is 0.186. The van der Waals surface area contributed by atoms with Gasteiger partial charge in [0.25, 0.3) is 0 Å². The molecule has 136 valence electrons. The largest absolute Gasteiger partial charge is 0.395 e. The molecular formula is C21H30N2O2. The Kier molecular flexibility index (Phi) is 5.09. The maximum absolute atomic E-state index is 12.1. The summed E-state index contributed by atoms with van der Waals surface area (Å²) < 4.78 is 0. The topological polar surface area (TPSA) is 52.6 Å². The van der Waals surface area contributed by atoms with Crippen molar-refractivity contribution < 1.29 is 9.90 Å². The fourth-order valence-corrected chi connectivity index (χ4v) is 4.85. The van der Waals surface area contributed by atoms with Crippen molar-refractivity contribution in [3.63, 3.8) is 0 Å². The Morgan fingerprint density at radius 1 is 1.08 bits per heavy atom. The summed E-state index contributed by atoms with van der Waals surface area (Å²) in [6.45, 7) is 1.97. The summed E-state index contributed by atoms with van der Waals surface area (Å²) in [6, 6.07) is 11.0. The second kappa shape index (κ2) is 7.46. The smallest absolute Gasteiger partial charge is 0.223 e. The molecule has 1 heterocycles. The molecule has 4 nitrogen and oxygen atoms in total. The molecule has 1 aromatic rings. The van der Waals surface area contributed by atoms with Gasteiger partial charge in [0.1, 0.15) is 0 Å². The van der Waals surface area contributed by atoms with Crippen LogP contribution in [0.1, 0.15) is 50.0 Å². The lowest BCUT2D eigenvalue weighted by molar-refractivity contribution is -0.123. The first-order valence-electron chi connectivity index (χ1n) is 9.97. The van der Waals surface area contributed by atoms with Crippen LogP contribution >= 0.6 is 0 Å². The number of hydrogen-bond donors (Lipinski definition) is 2. The number of nitrogens with one attached hydrogen (secondary N) is 1. The maximum Gasteiger partial charge on any atom is 0.223 e. The highest BCUT2D eigenvalue weighted by Gasteiger charge is 2.49. The molecule has 0 aromatic heterocycles. The van der Waals surface area contributed by atoms with Crippen molar-refractivity contribution >= 4 is 5.91 Å². The molecule has 0 bridgehead atoms. The monoisotopic (exact) mass is 342 g/mol. The van der Waals surface area contributed by atoms with E-state index in [9.17, 15) is 9.90 Å². The Hall–Kier alpha value is -1.39. The van der Waals surface area contributed by atoms with Gasteiger partial charge in [0, 0.05) is 37.0 Å². The third-order valence-electron chi connectivity index (χ3n) is 6.43. The first kappa shape index (κ1) is 17.0. The van der Waals surface area contributed by atoms with Gasteiger partial charge in [-0.2, -0.15) is 0 Å². The Bertz CT molecular complexity index is 581. The molecule has 1 aliphatic heterocycles. The minimum atomic E-state index is 0.186. The number of carbonyl (C=O) groups excluding carboxylic acids is 1. The van der Waals surface area contributed by atoms with E-state index >= 15 is 0 Å². The number of hydrogen-bond acceptors (Lipinski definition) is 3. The van der Waals surface area contributed by atoms with E-state index in [2.05, 4.69) is 34.5 Å². The number of nitrogens with zero attached hydrogens (tertiary/aromatic N) is 1. The molecule has 2 aliphatic carbocycles. The predicted molar refractivity (Wildman–Crippen MR) is 98.2 cm³/mol. The van der Waals surface area contributed by atoms with Crippen molar-refractivity contribution in [1.29, 1.82) is 0 Å². The number of amides is 1. The summed E-state index contributed by atoms with van der Waals surface area (Å²) in [5.41, 5.74) is 1.29. The van der Waals surface area contributed by atoms with Gasteiger partial charge in [0.15, 0.2) is 0 Å². The van der Waals surface area contributed by atoms with E-state index in [1.54, 1.807) is 0 Å². The zero-order chi connectivity index (χ0) is 17.2. The molecule has 0 unspecified atom stereocenters.